The number of aliphatic hydroxyl groups excluding tert-OH is 1. The number of nitrogens with zero attached hydrogens (tertiary/aromatic N) is 1. The zero-order valence-electron chi connectivity index (χ0n) is 7.80. The van der Waals surface area contributed by atoms with Crippen LogP contribution in [-0.2, 0) is 0 Å². The molecule has 1 rings (SSSR count). The van der Waals surface area contributed by atoms with E-state index in [0.29, 0.717) is 6.42 Å². The van der Waals surface area contributed by atoms with Gasteiger partial charge in [0, 0.05) is 68.8 Å². The van der Waals surface area contributed by atoms with Crippen LogP contribution in [0.25, 0.3) is 0 Å². The molecular formula is C8H13AcNO3. The summed E-state index contributed by atoms with van der Waals surface area (Å²) < 4.78 is 0. The van der Waals surface area contributed by atoms with E-state index < -0.39 is 11.6 Å². The summed E-state index contributed by atoms with van der Waals surface area (Å²) in [6.07, 6.45) is 3.31. The Morgan fingerprint density at radius 2 is 2.08 bits per heavy atom. The second-order valence-corrected chi connectivity index (χ2v) is 3.71. The molecule has 0 spiro atoms. The van der Waals surface area contributed by atoms with E-state index in [2.05, 4.69) is 0 Å². The second kappa shape index (κ2) is 4.86. The normalized spacial score (nSPS) is 27.0. The predicted octanol–water partition coefficient (Wildman–Crippen LogP) is 0.979. The van der Waals surface area contributed by atoms with Gasteiger partial charge in [-0.3, -0.25) is 10.1 Å². The Kier molecular flexibility index (Phi) is 5.06. The van der Waals surface area contributed by atoms with Gasteiger partial charge in [-0.1, -0.05) is 12.2 Å². The van der Waals surface area contributed by atoms with Gasteiger partial charge in [0.05, 0.1) is 6.10 Å². The zero-order chi connectivity index (χ0) is 9.35. The number of aliphatic hydroxyl groups is 1. The van der Waals surface area contributed by atoms with Crippen molar-refractivity contribution in [3.8, 4) is 0 Å². The van der Waals surface area contributed by atoms with Gasteiger partial charge in [-0.2, -0.15) is 0 Å². The smallest absolute Gasteiger partial charge is 0.223 e. The van der Waals surface area contributed by atoms with Crippen molar-refractivity contribution in [3.05, 3.63) is 22.3 Å². The molecule has 71 valence electrons. The van der Waals surface area contributed by atoms with Gasteiger partial charge < -0.3 is 5.11 Å². The Hall–Kier alpha value is 0.542. The van der Waals surface area contributed by atoms with E-state index in [0.717, 1.165) is 0 Å². The summed E-state index contributed by atoms with van der Waals surface area (Å²) in [5.74, 6) is -0.150. The minimum absolute atomic E-state index is 0. The summed E-state index contributed by atoms with van der Waals surface area (Å²) in [7, 11) is 0. The van der Waals surface area contributed by atoms with Crippen LogP contribution in [0.2, 0.25) is 0 Å². The first-order chi connectivity index (χ1) is 5.44. The first-order valence-corrected chi connectivity index (χ1v) is 3.95. The maximum absolute atomic E-state index is 10.6. The quantitative estimate of drug-likeness (QED) is 0.429. The molecule has 0 bridgehead atoms. The molecule has 4 nitrogen and oxygen atoms in total. The van der Waals surface area contributed by atoms with Crippen molar-refractivity contribution >= 4 is 0 Å². The van der Waals surface area contributed by atoms with Crippen LogP contribution in [-0.4, -0.2) is 21.7 Å². The molecule has 0 saturated heterocycles. The minimum Gasteiger partial charge on any atom is -0.389 e. The molecule has 2 unspecified atom stereocenters. The maximum Gasteiger partial charge on any atom is 0.223 e. The average Bonchev–Trinajstić information content (AvgIpc) is 2.35. The molecule has 0 heterocycles. The van der Waals surface area contributed by atoms with Crippen LogP contribution in [0.1, 0.15) is 20.3 Å². The molecule has 1 aliphatic carbocycles. The molecular weight excluding hydrogens is 385 g/mol. The van der Waals surface area contributed by atoms with E-state index in [1.54, 1.807) is 26.0 Å². The summed E-state index contributed by atoms with van der Waals surface area (Å²) in [5, 5.41) is 19.7. The Balaban J connectivity index is 0.00000144. The van der Waals surface area contributed by atoms with Crippen molar-refractivity contribution in [2.75, 3.05) is 0 Å². The fourth-order valence-electron chi connectivity index (χ4n) is 1.34. The fraction of sp³-hybridized carbons (Fsp3) is 0.750. The van der Waals surface area contributed by atoms with Crippen molar-refractivity contribution in [3.63, 3.8) is 0 Å². The van der Waals surface area contributed by atoms with Crippen molar-refractivity contribution in [2.24, 2.45) is 5.92 Å². The molecule has 1 N–H and O–H groups in total. The van der Waals surface area contributed by atoms with E-state index >= 15 is 0 Å². The molecule has 1 radical (unpaired) electrons. The third-order valence-corrected chi connectivity index (χ3v) is 2.44. The summed E-state index contributed by atoms with van der Waals surface area (Å²) in [6.45, 7) is 3.17. The monoisotopic (exact) mass is 398 g/mol. The molecule has 0 aliphatic heterocycles. The predicted molar refractivity (Wildman–Crippen MR) is 44.3 cm³/mol. The molecule has 0 fully saturated rings. The van der Waals surface area contributed by atoms with Crippen LogP contribution in [0.3, 0.4) is 0 Å². The maximum atomic E-state index is 10.6. The van der Waals surface area contributed by atoms with Crippen molar-refractivity contribution in [1.82, 2.24) is 0 Å². The number of hydrogen-bond donors (Lipinski definition) is 1. The first-order valence-electron chi connectivity index (χ1n) is 3.95. The van der Waals surface area contributed by atoms with Crippen LogP contribution in [0.15, 0.2) is 12.2 Å². The molecule has 0 amide bonds. The van der Waals surface area contributed by atoms with Crippen molar-refractivity contribution < 1.29 is 54.1 Å². The van der Waals surface area contributed by atoms with E-state index in [4.69, 9.17) is 5.11 Å². The second-order valence-electron chi connectivity index (χ2n) is 3.71. The molecule has 5 heteroatoms. The summed E-state index contributed by atoms with van der Waals surface area (Å²) in [4.78, 5) is 10.3. The molecule has 0 saturated carbocycles. The van der Waals surface area contributed by atoms with Gasteiger partial charge in [0.25, 0.3) is 0 Å². The van der Waals surface area contributed by atoms with Gasteiger partial charge in [0.1, 0.15) is 0 Å². The Morgan fingerprint density at radius 3 is 2.38 bits per heavy atom. The van der Waals surface area contributed by atoms with E-state index in [-0.39, 0.29) is 54.9 Å². The molecule has 13 heavy (non-hydrogen) atoms. The van der Waals surface area contributed by atoms with Gasteiger partial charge in [0.15, 0.2) is 0 Å². The SMILES string of the molecule is CC(C)(C1C=CC(O)C1)[N+](=O)[O-].[Ac]. The van der Waals surface area contributed by atoms with Crippen LogP contribution >= 0.6 is 0 Å². The van der Waals surface area contributed by atoms with Crippen LogP contribution in [0.4, 0.5) is 0 Å². The largest absolute Gasteiger partial charge is 0.389 e. The average molecular weight is 398 g/mol. The Morgan fingerprint density at radius 1 is 1.54 bits per heavy atom. The van der Waals surface area contributed by atoms with Gasteiger partial charge in [-0.15, -0.1) is 0 Å². The number of nitro groups is 1. The molecule has 2 atom stereocenters. The Bertz CT molecular complexity index is 227. The number of hydrogen-bond acceptors (Lipinski definition) is 3. The zero-order valence-corrected chi connectivity index (χ0v) is 12.6. The topological polar surface area (TPSA) is 63.4 Å². The molecule has 0 aromatic carbocycles. The summed E-state index contributed by atoms with van der Waals surface area (Å²) in [6, 6.07) is 0. The Labute approximate surface area is 113 Å². The van der Waals surface area contributed by atoms with Crippen LogP contribution in [0.5, 0.6) is 0 Å². The molecule has 1 aliphatic rings. The van der Waals surface area contributed by atoms with E-state index in [1.807, 2.05) is 0 Å². The van der Waals surface area contributed by atoms with Crippen molar-refractivity contribution in [1.29, 1.82) is 0 Å². The van der Waals surface area contributed by atoms with Gasteiger partial charge in [-0.05, 0) is 6.42 Å². The van der Waals surface area contributed by atoms with E-state index in [9.17, 15) is 10.1 Å². The fourth-order valence-corrected chi connectivity index (χ4v) is 1.34. The van der Waals surface area contributed by atoms with Gasteiger partial charge in [-0.25, -0.2) is 0 Å². The molecule has 0 aromatic heterocycles. The minimum atomic E-state index is -0.964. The van der Waals surface area contributed by atoms with Crippen LogP contribution in [0, 0.1) is 60.1 Å². The standard InChI is InChI=1S/C8H13NO3.Ac/c1-8(2,9(11)12)6-3-4-7(10)5-6;/h3-4,6-7,10H,5H2,1-2H3;. The number of rotatable bonds is 2. The van der Waals surface area contributed by atoms with Gasteiger partial charge in [0.2, 0.25) is 5.54 Å². The first kappa shape index (κ1) is 13.5. The summed E-state index contributed by atoms with van der Waals surface area (Å²) >= 11 is 0. The van der Waals surface area contributed by atoms with Gasteiger partial charge >= 0.3 is 0 Å². The third-order valence-electron chi connectivity index (χ3n) is 2.44. The molecule has 0 aromatic rings. The van der Waals surface area contributed by atoms with E-state index in [1.165, 1.54) is 0 Å². The van der Waals surface area contributed by atoms with Crippen molar-refractivity contribution in [2.45, 2.75) is 31.9 Å². The summed E-state index contributed by atoms with van der Waals surface area (Å²) in [5.41, 5.74) is -0.964. The third kappa shape index (κ3) is 3.00. The van der Waals surface area contributed by atoms with Crippen LogP contribution < -0.4 is 0 Å².